The fourth-order valence-corrected chi connectivity index (χ4v) is 7.53. The van der Waals surface area contributed by atoms with Gasteiger partial charge in [0, 0.05) is 37.3 Å². The summed E-state index contributed by atoms with van der Waals surface area (Å²) in [4.78, 5) is 18.3. The Labute approximate surface area is 221 Å². The number of carbonyl (C=O) groups excluding carboxylic acids is 1. The number of amides is 1. The van der Waals surface area contributed by atoms with Crippen LogP contribution in [0.4, 0.5) is 0 Å². The number of rotatable bonds is 4. The summed E-state index contributed by atoms with van der Waals surface area (Å²) < 4.78 is 39.7. The van der Waals surface area contributed by atoms with Crippen molar-refractivity contribution in [3.8, 4) is 16.9 Å². The molecular formula is C28H30N4O5S. The van der Waals surface area contributed by atoms with E-state index in [9.17, 15) is 13.2 Å². The van der Waals surface area contributed by atoms with E-state index in [4.69, 9.17) is 14.6 Å². The second-order valence-electron chi connectivity index (χ2n) is 10.6. The molecule has 1 amide bonds. The van der Waals surface area contributed by atoms with Gasteiger partial charge in [0.15, 0.2) is 15.5 Å². The number of fused-ring (bicyclic) bond motifs is 4. The standard InChI is InChI=1S/C28H30N4O5S/c1-18-2-7-21-25(14-18)38(34,35)17-22-26(28(33)31-10-13-37-24-15-23(24)31)29-32(27(21)22)20-5-3-19(4-6-20)16-30-8-11-36-12-9-30/h2-7,14,23-24H,8-13,15-17H2,1H3/t23-,24+/m1/s1. The monoisotopic (exact) mass is 534 g/mol. The number of aryl methyl sites for hydroxylation is 1. The number of morpholine rings is 2. The van der Waals surface area contributed by atoms with Crippen molar-refractivity contribution in [2.45, 2.75) is 42.7 Å². The van der Waals surface area contributed by atoms with E-state index < -0.39 is 9.84 Å². The van der Waals surface area contributed by atoms with E-state index in [0.717, 1.165) is 50.5 Å². The fourth-order valence-electron chi connectivity index (χ4n) is 5.86. The van der Waals surface area contributed by atoms with Gasteiger partial charge in [-0.2, -0.15) is 5.10 Å². The van der Waals surface area contributed by atoms with Gasteiger partial charge in [-0.1, -0.05) is 24.3 Å². The minimum atomic E-state index is -3.62. The zero-order valence-electron chi connectivity index (χ0n) is 21.3. The summed E-state index contributed by atoms with van der Waals surface area (Å²) in [5, 5.41) is 4.82. The lowest BCUT2D eigenvalue weighted by Gasteiger charge is -2.26. The second kappa shape index (κ2) is 9.01. The van der Waals surface area contributed by atoms with Crippen LogP contribution in [0.15, 0.2) is 47.4 Å². The fraction of sp³-hybridized carbons (Fsp3) is 0.429. The van der Waals surface area contributed by atoms with Crippen LogP contribution in [0.1, 0.15) is 33.6 Å². The van der Waals surface area contributed by atoms with Crippen LogP contribution < -0.4 is 0 Å². The van der Waals surface area contributed by atoms with Gasteiger partial charge in [-0.25, -0.2) is 13.1 Å². The predicted octanol–water partition coefficient (Wildman–Crippen LogP) is 2.58. The molecule has 4 aliphatic rings. The number of aromatic nitrogens is 2. The van der Waals surface area contributed by atoms with Crippen LogP contribution in [-0.2, 0) is 31.6 Å². The molecule has 0 N–H and O–H groups in total. The average molecular weight is 535 g/mol. The van der Waals surface area contributed by atoms with E-state index in [-0.39, 0.29) is 29.5 Å². The molecule has 3 fully saturated rings. The molecule has 7 rings (SSSR count). The second-order valence-corrected chi connectivity index (χ2v) is 12.6. The average Bonchev–Trinajstić information content (AvgIpc) is 3.63. The van der Waals surface area contributed by atoms with Gasteiger partial charge in [0.2, 0.25) is 0 Å². The molecule has 2 atom stereocenters. The highest BCUT2D eigenvalue weighted by atomic mass is 32.2. The summed E-state index contributed by atoms with van der Waals surface area (Å²) in [7, 11) is -3.62. The molecule has 10 heteroatoms. The van der Waals surface area contributed by atoms with Crippen LogP contribution in [0.3, 0.4) is 0 Å². The van der Waals surface area contributed by atoms with E-state index in [2.05, 4.69) is 17.0 Å². The van der Waals surface area contributed by atoms with E-state index >= 15 is 0 Å². The van der Waals surface area contributed by atoms with Gasteiger partial charge in [0.25, 0.3) is 5.91 Å². The van der Waals surface area contributed by atoms with Crippen molar-refractivity contribution in [1.82, 2.24) is 19.6 Å². The van der Waals surface area contributed by atoms with Crippen LogP contribution in [0, 0.1) is 6.92 Å². The maximum Gasteiger partial charge on any atom is 0.275 e. The Morgan fingerprint density at radius 2 is 1.84 bits per heavy atom. The molecule has 0 spiro atoms. The number of ether oxygens (including phenoxy) is 2. The highest BCUT2D eigenvalue weighted by molar-refractivity contribution is 7.90. The van der Waals surface area contributed by atoms with Crippen molar-refractivity contribution >= 4 is 15.7 Å². The van der Waals surface area contributed by atoms with E-state index in [1.54, 1.807) is 10.7 Å². The predicted molar refractivity (Wildman–Crippen MR) is 140 cm³/mol. The third-order valence-electron chi connectivity index (χ3n) is 7.96. The molecule has 0 bridgehead atoms. The molecule has 198 valence electrons. The Kier molecular flexibility index (Phi) is 5.70. The molecule has 4 heterocycles. The summed E-state index contributed by atoms with van der Waals surface area (Å²) in [5.74, 6) is -0.460. The lowest BCUT2D eigenvalue weighted by atomic mass is 10.0. The summed E-state index contributed by atoms with van der Waals surface area (Å²) >= 11 is 0. The van der Waals surface area contributed by atoms with Crippen LogP contribution in [0.2, 0.25) is 0 Å². The maximum absolute atomic E-state index is 13.8. The highest BCUT2D eigenvalue weighted by Crippen LogP contribution is 2.42. The molecular weight excluding hydrogens is 504 g/mol. The number of hydrogen-bond donors (Lipinski definition) is 0. The lowest BCUT2D eigenvalue weighted by molar-refractivity contribution is 0.0258. The number of nitrogens with zero attached hydrogens (tertiary/aromatic N) is 4. The van der Waals surface area contributed by atoms with Gasteiger partial charge >= 0.3 is 0 Å². The van der Waals surface area contributed by atoms with Gasteiger partial charge in [-0.3, -0.25) is 9.69 Å². The van der Waals surface area contributed by atoms with Crippen molar-refractivity contribution in [2.75, 3.05) is 39.5 Å². The van der Waals surface area contributed by atoms with E-state index in [0.29, 0.717) is 34.9 Å². The topological polar surface area (TPSA) is 94.0 Å². The van der Waals surface area contributed by atoms with Gasteiger partial charge in [-0.05, 0) is 42.7 Å². The molecule has 1 aromatic heterocycles. The minimum Gasteiger partial charge on any atom is -0.379 e. The number of hydrogen-bond acceptors (Lipinski definition) is 7. The van der Waals surface area contributed by atoms with Crippen molar-refractivity contribution in [1.29, 1.82) is 0 Å². The normalized spacial score (nSPS) is 23.9. The molecule has 1 aliphatic carbocycles. The molecule has 0 radical (unpaired) electrons. The Balaban J connectivity index is 1.32. The zero-order valence-corrected chi connectivity index (χ0v) is 22.1. The van der Waals surface area contributed by atoms with Crippen LogP contribution >= 0.6 is 0 Å². The van der Waals surface area contributed by atoms with Crippen LogP contribution in [0.25, 0.3) is 16.9 Å². The summed E-state index contributed by atoms with van der Waals surface area (Å²) in [6.07, 6.45) is 0.900. The molecule has 1 saturated carbocycles. The van der Waals surface area contributed by atoms with E-state index in [1.807, 2.05) is 36.1 Å². The van der Waals surface area contributed by atoms with Crippen molar-refractivity contribution in [3.63, 3.8) is 0 Å². The third-order valence-corrected chi connectivity index (χ3v) is 9.64. The van der Waals surface area contributed by atoms with Gasteiger partial charge in [-0.15, -0.1) is 0 Å². The van der Waals surface area contributed by atoms with Gasteiger partial charge in [0.1, 0.15) is 0 Å². The molecule has 38 heavy (non-hydrogen) atoms. The minimum absolute atomic E-state index is 0.0478. The number of benzene rings is 2. The lowest BCUT2D eigenvalue weighted by Crippen LogP contribution is -2.41. The van der Waals surface area contributed by atoms with E-state index in [1.165, 1.54) is 5.56 Å². The molecule has 2 aromatic carbocycles. The van der Waals surface area contributed by atoms with Crippen molar-refractivity contribution in [3.05, 3.63) is 64.8 Å². The smallest absolute Gasteiger partial charge is 0.275 e. The Morgan fingerprint density at radius 3 is 2.63 bits per heavy atom. The SMILES string of the molecule is Cc1ccc2c(c1)S(=O)(=O)Cc1c(C(=O)N3CCO[C@H]4C[C@H]43)nn(-c3ccc(CN4CCOCC4)cc3)c1-2. The Hall–Kier alpha value is -3.05. The first-order chi connectivity index (χ1) is 18.4. The van der Waals surface area contributed by atoms with Crippen molar-refractivity contribution < 1.29 is 22.7 Å². The van der Waals surface area contributed by atoms with Gasteiger partial charge in [0.05, 0.1) is 54.0 Å². The summed E-state index contributed by atoms with van der Waals surface area (Å²) in [6.45, 7) is 7.02. The molecule has 9 nitrogen and oxygen atoms in total. The molecule has 2 saturated heterocycles. The third kappa shape index (κ3) is 4.07. The molecule has 3 aromatic rings. The first-order valence-electron chi connectivity index (χ1n) is 13.2. The number of carbonyl (C=O) groups is 1. The quantitative estimate of drug-likeness (QED) is 0.508. The van der Waals surface area contributed by atoms with Gasteiger partial charge < -0.3 is 14.4 Å². The molecule has 0 unspecified atom stereocenters. The zero-order chi connectivity index (χ0) is 26.0. The first-order valence-corrected chi connectivity index (χ1v) is 14.8. The van der Waals surface area contributed by atoms with Crippen LogP contribution in [0.5, 0.6) is 0 Å². The Morgan fingerprint density at radius 1 is 1.05 bits per heavy atom. The first kappa shape index (κ1) is 24.0. The molecule has 3 aliphatic heterocycles. The highest BCUT2D eigenvalue weighted by Gasteiger charge is 2.49. The maximum atomic E-state index is 13.8. The van der Waals surface area contributed by atoms with Crippen LogP contribution in [-0.4, -0.2) is 85.5 Å². The summed E-state index contributed by atoms with van der Waals surface area (Å²) in [5.41, 5.74) is 4.82. The largest absolute Gasteiger partial charge is 0.379 e. The Bertz CT molecular complexity index is 1530. The summed E-state index contributed by atoms with van der Waals surface area (Å²) in [6, 6.07) is 13.7. The van der Waals surface area contributed by atoms with Crippen molar-refractivity contribution in [2.24, 2.45) is 0 Å². The number of sulfone groups is 1.